The number of rotatable bonds is 5. The number of hydrogen-bond donors (Lipinski definition) is 2. The molecule has 0 amide bonds. The SMILES string of the molecule is COCCNC(=S)NN=C(C)c1ccncc1. The summed E-state index contributed by atoms with van der Waals surface area (Å²) in [6.45, 7) is 3.17. The van der Waals surface area contributed by atoms with Gasteiger partial charge in [0.15, 0.2) is 5.11 Å². The van der Waals surface area contributed by atoms with Crippen LogP contribution in [0, 0.1) is 0 Å². The van der Waals surface area contributed by atoms with E-state index in [0.717, 1.165) is 11.3 Å². The molecule has 0 spiro atoms. The Morgan fingerprint density at radius 3 is 2.82 bits per heavy atom. The standard InChI is InChI=1S/C11H16N4OS/c1-9(10-3-5-12-6-4-10)14-15-11(17)13-7-8-16-2/h3-6H,7-8H2,1-2H3,(H2,13,15,17). The quantitative estimate of drug-likeness (QED) is 0.353. The fourth-order valence-corrected chi connectivity index (χ4v) is 1.25. The van der Waals surface area contributed by atoms with E-state index in [9.17, 15) is 0 Å². The number of thiocarbonyl (C=S) groups is 1. The fourth-order valence-electron chi connectivity index (χ4n) is 1.10. The lowest BCUT2D eigenvalue weighted by Gasteiger charge is -2.07. The third-order valence-corrected chi connectivity index (χ3v) is 2.25. The van der Waals surface area contributed by atoms with E-state index < -0.39 is 0 Å². The average molecular weight is 252 g/mol. The normalized spacial score (nSPS) is 11.1. The molecule has 0 saturated heterocycles. The highest BCUT2D eigenvalue weighted by molar-refractivity contribution is 7.80. The zero-order chi connectivity index (χ0) is 12.5. The summed E-state index contributed by atoms with van der Waals surface area (Å²) in [7, 11) is 1.64. The van der Waals surface area contributed by atoms with Gasteiger partial charge in [0, 0.05) is 31.6 Å². The van der Waals surface area contributed by atoms with Crippen molar-refractivity contribution in [3.63, 3.8) is 0 Å². The third-order valence-electron chi connectivity index (χ3n) is 2.01. The lowest BCUT2D eigenvalue weighted by atomic mass is 10.2. The second-order valence-corrected chi connectivity index (χ2v) is 3.70. The molecule has 1 rings (SSSR count). The number of hydrazone groups is 1. The molecule has 6 heteroatoms. The minimum Gasteiger partial charge on any atom is -0.383 e. The van der Waals surface area contributed by atoms with Crippen LogP contribution in [0.2, 0.25) is 0 Å². The molecule has 17 heavy (non-hydrogen) atoms. The highest BCUT2D eigenvalue weighted by Crippen LogP contribution is 1.97. The van der Waals surface area contributed by atoms with Crippen molar-refractivity contribution in [1.82, 2.24) is 15.7 Å². The molecule has 0 aliphatic rings. The smallest absolute Gasteiger partial charge is 0.187 e. The maximum atomic E-state index is 5.04. The van der Waals surface area contributed by atoms with E-state index >= 15 is 0 Å². The predicted molar refractivity (Wildman–Crippen MR) is 72.1 cm³/mol. The summed E-state index contributed by atoms with van der Waals surface area (Å²) in [4.78, 5) is 3.95. The number of aromatic nitrogens is 1. The van der Waals surface area contributed by atoms with Crippen LogP contribution < -0.4 is 10.7 Å². The summed E-state index contributed by atoms with van der Waals surface area (Å²) in [6, 6.07) is 3.78. The van der Waals surface area contributed by atoms with E-state index in [-0.39, 0.29) is 0 Å². The van der Waals surface area contributed by atoms with Crippen molar-refractivity contribution in [1.29, 1.82) is 0 Å². The molecule has 0 aliphatic heterocycles. The molecule has 2 N–H and O–H groups in total. The Kier molecular flexibility index (Phi) is 6.13. The van der Waals surface area contributed by atoms with Crippen LogP contribution >= 0.6 is 12.2 Å². The summed E-state index contributed by atoms with van der Waals surface area (Å²) in [5.74, 6) is 0. The maximum Gasteiger partial charge on any atom is 0.187 e. The number of nitrogens with one attached hydrogen (secondary N) is 2. The first kappa shape index (κ1) is 13.5. The molecule has 1 aromatic heterocycles. The first-order chi connectivity index (χ1) is 8.24. The molecule has 92 valence electrons. The van der Waals surface area contributed by atoms with Gasteiger partial charge in [0.25, 0.3) is 0 Å². The molecule has 0 unspecified atom stereocenters. The van der Waals surface area contributed by atoms with Gasteiger partial charge in [-0.15, -0.1) is 0 Å². The molecule has 0 atom stereocenters. The number of hydrogen-bond acceptors (Lipinski definition) is 4. The monoisotopic (exact) mass is 252 g/mol. The van der Waals surface area contributed by atoms with Crippen LogP contribution in [0.15, 0.2) is 29.6 Å². The molecule has 0 saturated carbocycles. The van der Waals surface area contributed by atoms with Crippen molar-refractivity contribution < 1.29 is 4.74 Å². The topological polar surface area (TPSA) is 58.5 Å². The molecule has 0 aromatic carbocycles. The van der Waals surface area contributed by atoms with E-state index in [4.69, 9.17) is 17.0 Å². The number of ether oxygens (including phenoxy) is 1. The van der Waals surface area contributed by atoms with Gasteiger partial charge in [-0.2, -0.15) is 5.10 Å². The van der Waals surface area contributed by atoms with Crippen LogP contribution in [0.25, 0.3) is 0 Å². The minimum absolute atomic E-state index is 0.482. The molecule has 5 nitrogen and oxygen atoms in total. The van der Waals surface area contributed by atoms with E-state index in [1.54, 1.807) is 19.5 Å². The lowest BCUT2D eigenvalue weighted by Crippen LogP contribution is -2.34. The number of pyridine rings is 1. The highest BCUT2D eigenvalue weighted by Gasteiger charge is 1.97. The van der Waals surface area contributed by atoms with Crippen molar-refractivity contribution in [2.24, 2.45) is 5.10 Å². The summed E-state index contributed by atoms with van der Waals surface area (Å²) < 4.78 is 4.89. The van der Waals surface area contributed by atoms with Crippen LogP contribution in [0.4, 0.5) is 0 Å². The summed E-state index contributed by atoms with van der Waals surface area (Å²) >= 11 is 5.04. The van der Waals surface area contributed by atoms with Gasteiger partial charge in [-0.3, -0.25) is 10.4 Å². The van der Waals surface area contributed by atoms with Crippen LogP contribution in [-0.4, -0.2) is 36.1 Å². The zero-order valence-electron chi connectivity index (χ0n) is 9.93. The lowest BCUT2D eigenvalue weighted by molar-refractivity contribution is 0.204. The first-order valence-electron chi connectivity index (χ1n) is 5.21. The molecule has 1 aromatic rings. The second-order valence-electron chi connectivity index (χ2n) is 3.29. The Hall–Kier alpha value is -1.53. The molecular formula is C11H16N4OS. The Bertz CT molecular complexity index is 380. The number of nitrogens with zero attached hydrogens (tertiary/aromatic N) is 2. The van der Waals surface area contributed by atoms with Gasteiger partial charge in [-0.25, -0.2) is 0 Å². The van der Waals surface area contributed by atoms with Crippen molar-refractivity contribution in [2.75, 3.05) is 20.3 Å². The first-order valence-corrected chi connectivity index (χ1v) is 5.62. The molecular weight excluding hydrogens is 236 g/mol. The fraction of sp³-hybridized carbons (Fsp3) is 0.364. The molecule has 1 heterocycles. The maximum absolute atomic E-state index is 5.04. The minimum atomic E-state index is 0.482. The molecule has 0 aliphatic carbocycles. The van der Waals surface area contributed by atoms with Gasteiger partial charge >= 0.3 is 0 Å². The number of methoxy groups -OCH3 is 1. The van der Waals surface area contributed by atoms with E-state index in [0.29, 0.717) is 18.3 Å². The third kappa shape index (κ3) is 5.37. The molecule has 0 fully saturated rings. The second kappa shape index (κ2) is 7.70. The van der Waals surface area contributed by atoms with Gasteiger partial charge in [-0.05, 0) is 31.3 Å². The van der Waals surface area contributed by atoms with Crippen LogP contribution in [0.5, 0.6) is 0 Å². The van der Waals surface area contributed by atoms with Crippen LogP contribution in [0.3, 0.4) is 0 Å². The Labute approximate surface area is 106 Å². The van der Waals surface area contributed by atoms with Crippen molar-refractivity contribution >= 4 is 23.0 Å². The van der Waals surface area contributed by atoms with Gasteiger partial charge in [-0.1, -0.05) is 0 Å². The molecule has 0 bridgehead atoms. The molecule has 0 radical (unpaired) electrons. The van der Waals surface area contributed by atoms with Gasteiger partial charge in [0.2, 0.25) is 0 Å². The van der Waals surface area contributed by atoms with Crippen molar-refractivity contribution in [3.8, 4) is 0 Å². The van der Waals surface area contributed by atoms with Gasteiger partial charge in [0.05, 0.1) is 12.3 Å². The van der Waals surface area contributed by atoms with E-state index in [2.05, 4.69) is 20.8 Å². The highest BCUT2D eigenvalue weighted by atomic mass is 32.1. The summed E-state index contributed by atoms with van der Waals surface area (Å²) in [6.07, 6.45) is 3.45. The Morgan fingerprint density at radius 1 is 1.47 bits per heavy atom. The largest absolute Gasteiger partial charge is 0.383 e. The van der Waals surface area contributed by atoms with Gasteiger partial charge < -0.3 is 10.1 Å². The van der Waals surface area contributed by atoms with E-state index in [1.807, 2.05) is 19.1 Å². The summed E-state index contributed by atoms with van der Waals surface area (Å²) in [5, 5.41) is 7.62. The van der Waals surface area contributed by atoms with Gasteiger partial charge in [0.1, 0.15) is 0 Å². The Morgan fingerprint density at radius 2 is 2.18 bits per heavy atom. The van der Waals surface area contributed by atoms with Crippen LogP contribution in [0.1, 0.15) is 12.5 Å². The van der Waals surface area contributed by atoms with Crippen molar-refractivity contribution in [3.05, 3.63) is 30.1 Å². The van der Waals surface area contributed by atoms with Crippen molar-refractivity contribution in [2.45, 2.75) is 6.92 Å². The zero-order valence-corrected chi connectivity index (χ0v) is 10.8. The van der Waals surface area contributed by atoms with Crippen LogP contribution in [-0.2, 0) is 4.74 Å². The van der Waals surface area contributed by atoms with E-state index in [1.165, 1.54) is 0 Å². The Balaban J connectivity index is 2.40. The predicted octanol–water partition coefficient (Wildman–Crippen LogP) is 0.916. The average Bonchev–Trinajstić information content (AvgIpc) is 2.37. The summed E-state index contributed by atoms with van der Waals surface area (Å²) in [5.41, 5.74) is 4.63.